The van der Waals surface area contributed by atoms with Gasteiger partial charge < -0.3 is 15.2 Å². The number of imidazole rings is 1. The van der Waals surface area contributed by atoms with E-state index < -0.39 is 0 Å². The lowest BCUT2D eigenvalue weighted by atomic mass is 10.1. The zero-order chi connectivity index (χ0) is 17.2. The number of nitrogens with zero attached hydrogens (tertiary/aromatic N) is 5. The van der Waals surface area contributed by atoms with Gasteiger partial charge >= 0.3 is 0 Å². The Kier molecular flexibility index (Phi) is 4.43. The minimum Gasteiger partial charge on any atom is -0.337 e. The van der Waals surface area contributed by atoms with Crippen molar-refractivity contribution in [3.8, 4) is 0 Å². The number of hydrogen-bond donors (Lipinski definition) is 2. The minimum absolute atomic E-state index is 0.0541. The first-order valence-corrected chi connectivity index (χ1v) is 8.88. The van der Waals surface area contributed by atoms with E-state index in [4.69, 9.17) is 0 Å². The number of hydrogen-bond acceptors (Lipinski definition) is 6. The van der Waals surface area contributed by atoms with Crippen LogP contribution in [0.1, 0.15) is 11.9 Å². The van der Waals surface area contributed by atoms with Crippen molar-refractivity contribution in [3.63, 3.8) is 0 Å². The van der Waals surface area contributed by atoms with Gasteiger partial charge in [0.2, 0.25) is 5.91 Å². The predicted octanol–water partition coefficient (Wildman–Crippen LogP) is 1.73. The maximum Gasteiger partial charge on any atom is 0.238 e. The van der Waals surface area contributed by atoms with Gasteiger partial charge in [0.15, 0.2) is 0 Å². The number of amides is 1. The van der Waals surface area contributed by atoms with Crippen molar-refractivity contribution in [3.05, 3.63) is 36.4 Å². The summed E-state index contributed by atoms with van der Waals surface area (Å²) in [7, 11) is 1.98. The number of piperazine rings is 1. The lowest BCUT2D eigenvalue weighted by Gasteiger charge is -2.35. The number of rotatable bonds is 4. The van der Waals surface area contributed by atoms with Crippen LogP contribution in [0.3, 0.4) is 0 Å². The Morgan fingerprint density at radius 3 is 3.20 bits per heavy atom. The molecule has 2 N–H and O–H groups in total. The van der Waals surface area contributed by atoms with E-state index in [1.165, 1.54) is 0 Å². The molecule has 0 bridgehead atoms. The van der Waals surface area contributed by atoms with Gasteiger partial charge in [-0.3, -0.25) is 9.69 Å². The van der Waals surface area contributed by atoms with E-state index in [1.54, 1.807) is 6.20 Å². The summed E-state index contributed by atoms with van der Waals surface area (Å²) in [5.41, 5.74) is 2.25. The van der Waals surface area contributed by atoms with E-state index in [-0.39, 0.29) is 11.9 Å². The van der Waals surface area contributed by atoms with Crippen molar-refractivity contribution in [2.75, 3.05) is 31.5 Å². The van der Waals surface area contributed by atoms with Gasteiger partial charge in [-0.1, -0.05) is 6.07 Å². The Labute approximate surface area is 149 Å². The molecule has 1 atom stereocenters. The first-order chi connectivity index (χ1) is 12.2. The number of benzene rings is 1. The first-order valence-electron chi connectivity index (χ1n) is 8.15. The van der Waals surface area contributed by atoms with Crippen molar-refractivity contribution in [2.24, 2.45) is 15.8 Å². The molecule has 9 heteroatoms. The van der Waals surface area contributed by atoms with Crippen LogP contribution in [0, 0.1) is 0 Å². The Bertz CT molecular complexity index is 871. The quantitative estimate of drug-likeness (QED) is 0.744. The van der Waals surface area contributed by atoms with E-state index in [1.807, 2.05) is 36.0 Å². The van der Waals surface area contributed by atoms with Crippen LogP contribution in [0.5, 0.6) is 0 Å². The standard InChI is InChI=1S/C16H19N7OS/c1-22-7-6-18-16(22)13-9-17-5-8-23(13)10-14(24)19-11-3-2-4-12-15(11)21-25-20-12/h2-4,6-7,13,17H,5,8-10H2,1H3,(H,19,24). The number of carbonyl (C=O) groups excluding carboxylic acids is 1. The summed E-state index contributed by atoms with van der Waals surface area (Å²) < 4.78 is 10.5. The first kappa shape index (κ1) is 16.1. The Hall–Kier alpha value is -2.36. The highest BCUT2D eigenvalue weighted by Crippen LogP contribution is 2.38. The average Bonchev–Trinajstić information content (AvgIpc) is 3.25. The number of aryl methyl sites for hydroxylation is 1. The summed E-state index contributed by atoms with van der Waals surface area (Å²) in [6, 6.07) is 5.70. The molecule has 4 rings (SSSR count). The molecule has 130 valence electrons. The molecule has 2 aromatic rings. The lowest BCUT2D eigenvalue weighted by molar-refractivity contribution is -0.118. The van der Waals surface area contributed by atoms with E-state index in [2.05, 4.69) is 29.2 Å². The molecular formula is C16H19N7OS. The number of anilines is 1. The fourth-order valence-corrected chi connectivity index (χ4v) is 3.72. The van der Waals surface area contributed by atoms with Crippen LogP contribution in [0.15, 0.2) is 39.3 Å². The van der Waals surface area contributed by atoms with Crippen LogP contribution in [-0.4, -0.2) is 46.5 Å². The highest BCUT2D eigenvalue weighted by atomic mass is 32.1. The zero-order valence-corrected chi connectivity index (χ0v) is 14.7. The van der Waals surface area contributed by atoms with E-state index in [0.717, 1.165) is 48.2 Å². The summed E-state index contributed by atoms with van der Waals surface area (Å²) >= 11 is 1.15. The highest BCUT2D eigenvalue weighted by Gasteiger charge is 2.28. The molecule has 0 radical (unpaired) electrons. The zero-order valence-electron chi connectivity index (χ0n) is 13.8. The average molecular weight is 357 g/mol. The molecular weight excluding hydrogens is 338 g/mol. The van der Waals surface area contributed by atoms with Crippen molar-refractivity contribution in [1.82, 2.24) is 19.8 Å². The normalized spacial score (nSPS) is 19.5. The van der Waals surface area contributed by atoms with Crippen LogP contribution in [0.4, 0.5) is 17.1 Å². The number of fused-ring (bicyclic) bond motifs is 1. The van der Waals surface area contributed by atoms with Gasteiger partial charge in [0.25, 0.3) is 0 Å². The second-order valence-corrected chi connectivity index (χ2v) is 6.60. The third kappa shape index (κ3) is 3.26. The van der Waals surface area contributed by atoms with E-state index in [9.17, 15) is 4.79 Å². The fraction of sp³-hybridized carbons (Fsp3) is 0.375. The molecule has 1 amide bonds. The Morgan fingerprint density at radius 1 is 1.44 bits per heavy atom. The van der Waals surface area contributed by atoms with Gasteiger partial charge in [-0.25, -0.2) is 4.98 Å². The van der Waals surface area contributed by atoms with Crippen LogP contribution >= 0.6 is 0 Å². The molecule has 1 fully saturated rings. The Morgan fingerprint density at radius 2 is 2.36 bits per heavy atom. The van der Waals surface area contributed by atoms with Gasteiger partial charge in [-0.2, -0.15) is 8.73 Å². The predicted molar refractivity (Wildman–Crippen MR) is 97.0 cm³/mol. The molecule has 1 aromatic carbocycles. The summed E-state index contributed by atoms with van der Waals surface area (Å²) in [6.07, 6.45) is 3.72. The van der Waals surface area contributed by atoms with Gasteiger partial charge in [-0.05, 0) is 12.1 Å². The van der Waals surface area contributed by atoms with E-state index >= 15 is 0 Å². The number of nitrogens with one attached hydrogen (secondary N) is 2. The van der Waals surface area contributed by atoms with Gasteiger partial charge in [0.1, 0.15) is 17.2 Å². The number of aromatic nitrogens is 2. The number of carbonyl (C=O) groups is 1. The molecule has 1 saturated heterocycles. The third-order valence-electron chi connectivity index (χ3n) is 4.42. The topological polar surface area (TPSA) is 86.9 Å². The molecule has 3 heterocycles. The van der Waals surface area contributed by atoms with Gasteiger partial charge in [0, 0.05) is 39.1 Å². The molecule has 2 aliphatic rings. The smallest absolute Gasteiger partial charge is 0.238 e. The second-order valence-electron chi connectivity index (χ2n) is 6.07. The van der Waals surface area contributed by atoms with Crippen molar-refractivity contribution in [2.45, 2.75) is 6.04 Å². The van der Waals surface area contributed by atoms with Crippen molar-refractivity contribution in [1.29, 1.82) is 0 Å². The van der Waals surface area contributed by atoms with Crippen LogP contribution in [0.25, 0.3) is 0 Å². The summed E-state index contributed by atoms with van der Waals surface area (Å²) in [5, 5.41) is 6.36. The molecule has 0 saturated carbocycles. The molecule has 0 aliphatic carbocycles. The van der Waals surface area contributed by atoms with Gasteiger partial charge in [-0.15, -0.1) is 0 Å². The van der Waals surface area contributed by atoms with Crippen molar-refractivity contribution < 1.29 is 4.79 Å². The lowest BCUT2D eigenvalue weighted by Crippen LogP contribution is -2.49. The molecule has 1 unspecified atom stereocenters. The highest BCUT2D eigenvalue weighted by molar-refractivity contribution is 7.58. The summed E-state index contributed by atoms with van der Waals surface area (Å²) in [4.78, 5) is 19.2. The second kappa shape index (κ2) is 6.87. The molecule has 2 aliphatic heterocycles. The van der Waals surface area contributed by atoms with Crippen LogP contribution in [-0.2, 0) is 23.2 Å². The fourth-order valence-electron chi connectivity index (χ4n) is 3.17. The summed E-state index contributed by atoms with van der Waals surface area (Å²) in [6.45, 7) is 2.75. The van der Waals surface area contributed by atoms with Crippen LogP contribution in [0.2, 0.25) is 0 Å². The summed E-state index contributed by atoms with van der Waals surface area (Å²) in [5.74, 6) is 0.910. The monoisotopic (exact) mass is 357 g/mol. The molecule has 1 aromatic heterocycles. The maximum atomic E-state index is 12.6. The van der Waals surface area contributed by atoms with Crippen molar-refractivity contribution >= 4 is 34.3 Å². The third-order valence-corrected chi connectivity index (χ3v) is 4.96. The molecule has 25 heavy (non-hydrogen) atoms. The maximum absolute atomic E-state index is 12.6. The minimum atomic E-state index is -0.0541. The Balaban J connectivity index is 1.47. The molecule has 8 nitrogen and oxygen atoms in total. The van der Waals surface area contributed by atoms with Crippen LogP contribution < -0.4 is 10.6 Å². The largest absolute Gasteiger partial charge is 0.337 e. The van der Waals surface area contributed by atoms with E-state index in [0.29, 0.717) is 12.2 Å². The molecule has 0 spiro atoms. The SMILES string of the molecule is Cn1ccnc1C1CNCCN1CC(=O)Nc1cccc2c1N=S=N2. The van der Waals surface area contributed by atoms with Gasteiger partial charge in [0.05, 0.1) is 29.6 Å².